The lowest BCUT2D eigenvalue weighted by atomic mass is 10.2. The Morgan fingerprint density at radius 2 is 1.92 bits per heavy atom. The molecular weight excluding hydrogens is 334 g/mol. The van der Waals surface area contributed by atoms with Gasteiger partial charge in [0.2, 0.25) is 0 Å². The van der Waals surface area contributed by atoms with Gasteiger partial charge in [-0.15, -0.1) is 11.3 Å². The third-order valence-corrected chi connectivity index (χ3v) is 5.44. The lowest BCUT2D eigenvalue weighted by Crippen LogP contribution is -3.08. The second-order valence-corrected chi connectivity index (χ2v) is 7.46. The van der Waals surface area contributed by atoms with Crippen molar-refractivity contribution in [2.45, 2.75) is 6.54 Å². The number of likely N-dealkylation sites (N-methyl/N-ethyl adjacent to an activating group) is 1. The molecule has 3 rings (SSSR count). The lowest BCUT2D eigenvalue weighted by Gasteiger charge is -2.36. The third-order valence-electron chi connectivity index (χ3n) is 4.57. The fourth-order valence-corrected chi connectivity index (χ4v) is 4.05. The highest BCUT2D eigenvalue weighted by atomic mass is 32.1. The maximum absolute atomic E-state index is 12.6. The van der Waals surface area contributed by atoms with Crippen molar-refractivity contribution in [2.75, 3.05) is 51.8 Å². The summed E-state index contributed by atoms with van der Waals surface area (Å²) in [5.41, 5.74) is 1.11. The molecule has 1 fully saturated rings. The fourth-order valence-electron chi connectivity index (χ4n) is 3.23. The van der Waals surface area contributed by atoms with E-state index in [4.69, 9.17) is 4.74 Å². The van der Waals surface area contributed by atoms with E-state index >= 15 is 0 Å². The van der Waals surface area contributed by atoms with E-state index in [-0.39, 0.29) is 5.91 Å². The van der Waals surface area contributed by atoms with Crippen LogP contribution in [-0.4, -0.2) is 57.7 Å². The number of carbonyl (C=O) groups is 1. The molecule has 1 atom stereocenters. The van der Waals surface area contributed by atoms with Crippen LogP contribution in [0.15, 0.2) is 41.8 Å². The summed E-state index contributed by atoms with van der Waals surface area (Å²) in [6.07, 6.45) is 0. The predicted octanol–water partition coefficient (Wildman–Crippen LogP) is 1.12. The number of methoxy groups -OCH3 is 1. The highest BCUT2D eigenvalue weighted by Crippen LogP contribution is 2.28. The van der Waals surface area contributed by atoms with Crippen molar-refractivity contribution in [3.05, 3.63) is 46.7 Å². The average molecular weight is 361 g/mol. The van der Waals surface area contributed by atoms with Crippen molar-refractivity contribution in [1.82, 2.24) is 4.90 Å². The lowest BCUT2D eigenvalue weighted by molar-refractivity contribution is -0.885. The summed E-state index contributed by atoms with van der Waals surface area (Å²) in [5.74, 6) is 1.14. The zero-order valence-electron chi connectivity index (χ0n) is 14.9. The number of nitrogens with zero attached hydrogens (tertiary/aromatic N) is 2. The highest BCUT2D eigenvalue weighted by molar-refractivity contribution is 7.09. The normalized spacial score (nSPS) is 15.9. The van der Waals surface area contributed by atoms with Crippen molar-refractivity contribution in [2.24, 2.45) is 0 Å². The van der Waals surface area contributed by atoms with Gasteiger partial charge in [0.05, 0.1) is 24.7 Å². The minimum Gasteiger partial charge on any atom is -0.495 e. The van der Waals surface area contributed by atoms with E-state index in [1.165, 1.54) is 9.78 Å². The molecule has 1 saturated heterocycles. The van der Waals surface area contributed by atoms with Gasteiger partial charge < -0.3 is 19.4 Å². The maximum atomic E-state index is 12.6. The van der Waals surface area contributed by atoms with Crippen molar-refractivity contribution in [3.8, 4) is 5.75 Å². The van der Waals surface area contributed by atoms with Crippen LogP contribution < -0.4 is 14.5 Å². The summed E-state index contributed by atoms with van der Waals surface area (Å²) in [7, 11) is 3.79. The quantitative estimate of drug-likeness (QED) is 0.839. The van der Waals surface area contributed by atoms with Crippen LogP contribution in [0, 0.1) is 0 Å². The largest absolute Gasteiger partial charge is 0.495 e. The van der Waals surface area contributed by atoms with Crippen LogP contribution in [-0.2, 0) is 11.3 Å². The van der Waals surface area contributed by atoms with Crippen LogP contribution in [0.2, 0.25) is 0 Å². The van der Waals surface area contributed by atoms with Crippen molar-refractivity contribution < 1.29 is 14.4 Å². The van der Waals surface area contributed by atoms with Gasteiger partial charge in [-0.25, -0.2) is 0 Å². The summed E-state index contributed by atoms with van der Waals surface area (Å²) in [6.45, 7) is 4.68. The molecule has 1 aromatic carbocycles. The molecule has 5 nitrogen and oxygen atoms in total. The van der Waals surface area contributed by atoms with Gasteiger partial charge in [0, 0.05) is 26.2 Å². The Balaban J connectivity index is 1.50. The van der Waals surface area contributed by atoms with Gasteiger partial charge in [0.25, 0.3) is 5.91 Å². The Bertz CT molecular complexity index is 682. The third kappa shape index (κ3) is 4.52. The summed E-state index contributed by atoms with van der Waals surface area (Å²) in [6, 6.07) is 12.3. The van der Waals surface area contributed by atoms with Crippen LogP contribution >= 0.6 is 11.3 Å². The number of ether oxygens (including phenoxy) is 1. The van der Waals surface area contributed by atoms with Crippen LogP contribution in [0.25, 0.3) is 0 Å². The summed E-state index contributed by atoms with van der Waals surface area (Å²) >= 11 is 1.75. The van der Waals surface area contributed by atoms with E-state index in [2.05, 4.69) is 35.5 Å². The Labute approximate surface area is 153 Å². The molecule has 1 amide bonds. The molecule has 25 heavy (non-hydrogen) atoms. The number of piperazine rings is 1. The molecule has 0 aliphatic carbocycles. The molecule has 2 aromatic rings. The van der Waals surface area contributed by atoms with Gasteiger partial charge in [-0.2, -0.15) is 0 Å². The molecule has 1 N–H and O–H groups in total. The first-order valence-electron chi connectivity index (χ1n) is 8.67. The number of nitrogens with one attached hydrogen (secondary N) is 1. The zero-order valence-corrected chi connectivity index (χ0v) is 15.7. The van der Waals surface area contributed by atoms with Crippen LogP contribution in [0.5, 0.6) is 5.75 Å². The van der Waals surface area contributed by atoms with Crippen molar-refractivity contribution in [3.63, 3.8) is 0 Å². The maximum Gasteiger partial charge on any atom is 0.277 e. The van der Waals surface area contributed by atoms with Crippen LogP contribution in [0.3, 0.4) is 0 Å². The second kappa shape index (κ2) is 8.36. The zero-order chi connectivity index (χ0) is 17.6. The van der Waals surface area contributed by atoms with Crippen LogP contribution in [0.1, 0.15) is 4.88 Å². The molecule has 0 spiro atoms. The molecule has 0 saturated carbocycles. The predicted molar refractivity (Wildman–Crippen MR) is 102 cm³/mol. The standard InChI is InChI=1S/C19H25N3O2S/c1-20(14-16-6-5-13-25-16)15-19(23)22-11-9-21(10-12-22)17-7-3-4-8-18(17)24-2/h3-8,13H,9-12,14-15H2,1-2H3/p+1. The molecular formula is C19H26N3O2S+. The topological polar surface area (TPSA) is 37.2 Å². The Kier molecular flexibility index (Phi) is 5.94. The molecule has 0 bridgehead atoms. The van der Waals surface area contributed by atoms with Crippen molar-refractivity contribution >= 4 is 22.9 Å². The van der Waals surface area contributed by atoms with Crippen LogP contribution in [0.4, 0.5) is 5.69 Å². The van der Waals surface area contributed by atoms with E-state index in [1.54, 1.807) is 18.4 Å². The summed E-state index contributed by atoms with van der Waals surface area (Å²) in [5, 5.41) is 2.08. The molecule has 2 heterocycles. The van der Waals surface area contributed by atoms with E-state index in [0.717, 1.165) is 44.2 Å². The highest BCUT2D eigenvalue weighted by Gasteiger charge is 2.24. The minimum atomic E-state index is 0.244. The molecule has 1 unspecified atom stereocenters. The fraction of sp³-hybridized carbons (Fsp3) is 0.421. The number of para-hydroxylation sites is 2. The van der Waals surface area contributed by atoms with Gasteiger partial charge in [-0.3, -0.25) is 4.79 Å². The Morgan fingerprint density at radius 3 is 2.60 bits per heavy atom. The SMILES string of the molecule is COc1ccccc1N1CCN(C(=O)C[NH+](C)Cc2cccs2)CC1. The number of carbonyl (C=O) groups excluding carboxylic acids is 1. The van der Waals surface area contributed by atoms with Gasteiger partial charge in [0.15, 0.2) is 6.54 Å². The minimum absolute atomic E-state index is 0.244. The number of benzene rings is 1. The molecule has 1 aliphatic heterocycles. The van der Waals surface area contributed by atoms with E-state index in [1.807, 2.05) is 23.1 Å². The van der Waals surface area contributed by atoms with Gasteiger partial charge >= 0.3 is 0 Å². The number of quaternary nitrogens is 1. The first-order chi connectivity index (χ1) is 12.2. The smallest absolute Gasteiger partial charge is 0.277 e. The number of hydrogen-bond donors (Lipinski definition) is 1. The van der Waals surface area contributed by atoms with Gasteiger partial charge in [-0.1, -0.05) is 18.2 Å². The number of thiophene rings is 1. The van der Waals surface area contributed by atoms with Gasteiger partial charge in [0.1, 0.15) is 12.3 Å². The number of rotatable bonds is 6. The van der Waals surface area contributed by atoms with E-state index in [9.17, 15) is 4.79 Å². The number of anilines is 1. The Morgan fingerprint density at radius 1 is 1.16 bits per heavy atom. The van der Waals surface area contributed by atoms with Crippen molar-refractivity contribution in [1.29, 1.82) is 0 Å². The second-order valence-electron chi connectivity index (χ2n) is 6.43. The Hall–Kier alpha value is -2.05. The number of hydrogen-bond acceptors (Lipinski definition) is 4. The summed E-state index contributed by atoms with van der Waals surface area (Å²) in [4.78, 5) is 19.4. The molecule has 1 aliphatic rings. The van der Waals surface area contributed by atoms with E-state index in [0.29, 0.717) is 6.54 Å². The molecule has 134 valence electrons. The van der Waals surface area contributed by atoms with Gasteiger partial charge in [-0.05, 0) is 23.6 Å². The first-order valence-corrected chi connectivity index (χ1v) is 9.55. The molecule has 6 heteroatoms. The number of amides is 1. The first kappa shape index (κ1) is 17.8. The average Bonchev–Trinajstić information content (AvgIpc) is 3.14. The molecule has 0 radical (unpaired) electrons. The van der Waals surface area contributed by atoms with E-state index < -0.39 is 0 Å². The summed E-state index contributed by atoms with van der Waals surface area (Å²) < 4.78 is 5.45. The monoisotopic (exact) mass is 360 g/mol. The molecule has 1 aromatic heterocycles.